The Morgan fingerprint density at radius 3 is 2.85 bits per heavy atom. The number of piperidine rings is 1. The van der Waals surface area contributed by atoms with Crippen LogP contribution in [-0.2, 0) is 13.1 Å². The summed E-state index contributed by atoms with van der Waals surface area (Å²) in [6, 6.07) is 10.3. The topological polar surface area (TPSA) is 82.0 Å². The van der Waals surface area contributed by atoms with Crippen molar-refractivity contribution >= 4 is 27.9 Å². The minimum atomic E-state index is -0.326. The molecule has 1 saturated heterocycles. The van der Waals surface area contributed by atoms with E-state index < -0.39 is 0 Å². The molecule has 3 aromatic heterocycles. The number of pyridine rings is 1. The van der Waals surface area contributed by atoms with E-state index in [9.17, 15) is 9.18 Å². The van der Waals surface area contributed by atoms with Gasteiger partial charge in [0.2, 0.25) is 5.95 Å². The summed E-state index contributed by atoms with van der Waals surface area (Å²) < 4.78 is 17.1. The van der Waals surface area contributed by atoms with Gasteiger partial charge in [-0.25, -0.2) is 9.37 Å². The maximum absolute atomic E-state index is 13.6. The van der Waals surface area contributed by atoms with Crippen molar-refractivity contribution in [2.24, 2.45) is 5.73 Å². The minimum Gasteiger partial charge on any atom is -0.341 e. The Balaban J connectivity index is 1.58. The first-order valence-electron chi connectivity index (χ1n) is 11.1. The van der Waals surface area contributed by atoms with E-state index in [-0.39, 0.29) is 24.0 Å². The average molecular weight is 445 g/mol. The highest BCUT2D eigenvalue weighted by Gasteiger charge is 2.23. The maximum Gasteiger partial charge on any atom is 0.280 e. The van der Waals surface area contributed by atoms with Crippen LogP contribution in [0.25, 0.3) is 21.9 Å². The van der Waals surface area contributed by atoms with Gasteiger partial charge in [0.25, 0.3) is 5.56 Å². The van der Waals surface area contributed by atoms with Gasteiger partial charge in [-0.15, -0.1) is 5.92 Å². The zero-order valence-electron chi connectivity index (χ0n) is 18.5. The van der Waals surface area contributed by atoms with Gasteiger partial charge in [0.15, 0.2) is 0 Å². The first kappa shape index (κ1) is 21.2. The van der Waals surface area contributed by atoms with Gasteiger partial charge in [0.05, 0.1) is 29.8 Å². The van der Waals surface area contributed by atoms with Crippen molar-refractivity contribution in [3.05, 3.63) is 64.5 Å². The molecule has 168 valence electrons. The Morgan fingerprint density at radius 2 is 2.03 bits per heavy atom. The van der Waals surface area contributed by atoms with E-state index in [4.69, 9.17) is 10.7 Å². The maximum atomic E-state index is 13.6. The lowest BCUT2D eigenvalue weighted by molar-refractivity contribution is 0.492. The molecular formula is C25H25FN6O. The molecule has 0 radical (unpaired) electrons. The third-order valence-corrected chi connectivity index (χ3v) is 6.05. The van der Waals surface area contributed by atoms with Gasteiger partial charge in [0.1, 0.15) is 11.3 Å². The van der Waals surface area contributed by atoms with Crippen molar-refractivity contribution < 1.29 is 4.39 Å². The molecule has 1 aliphatic heterocycles. The van der Waals surface area contributed by atoms with E-state index in [0.717, 1.165) is 30.5 Å². The fourth-order valence-electron chi connectivity index (χ4n) is 4.43. The molecule has 1 aromatic carbocycles. The van der Waals surface area contributed by atoms with E-state index in [1.165, 1.54) is 12.1 Å². The summed E-state index contributed by atoms with van der Waals surface area (Å²) in [7, 11) is 0. The Hall–Kier alpha value is -3.70. The van der Waals surface area contributed by atoms with Crippen LogP contribution in [0.2, 0.25) is 0 Å². The molecule has 8 heteroatoms. The predicted octanol–water partition coefficient (Wildman–Crippen LogP) is 2.88. The summed E-state index contributed by atoms with van der Waals surface area (Å²) in [4.78, 5) is 25.1. The molecule has 0 amide bonds. The molecule has 0 spiro atoms. The van der Waals surface area contributed by atoms with Crippen LogP contribution in [0.15, 0.2) is 47.4 Å². The number of benzene rings is 1. The predicted molar refractivity (Wildman–Crippen MR) is 128 cm³/mol. The van der Waals surface area contributed by atoms with Gasteiger partial charge in [0, 0.05) is 36.8 Å². The number of hydrogen-bond donors (Lipinski definition) is 1. The number of anilines is 1. The van der Waals surface area contributed by atoms with Crippen molar-refractivity contribution in [3.63, 3.8) is 0 Å². The van der Waals surface area contributed by atoms with Crippen LogP contribution in [0.3, 0.4) is 0 Å². The van der Waals surface area contributed by atoms with Gasteiger partial charge in [-0.3, -0.25) is 14.3 Å². The largest absolute Gasteiger partial charge is 0.341 e. The molecule has 5 rings (SSSR count). The van der Waals surface area contributed by atoms with Crippen molar-refractivity contribution in [1.82, 2.24) is 19.1 Å². The highest BCUT2D eigenvalue weighted by molar-refractivity contribution is 5.79. The molecule has 33 heavy (non-hydrogen) atoms. The monoisotopic (exact) mass is 444 g/mol. The lowest BCUT2D eigenvalue weighted by Gasteiger charge is -2.32. The second-order valence-corrected chi connectivity index (χ2v) is 8.40. The van der Waals surface area contributed by atoms with Gasteiger partial charge >= 0.3 is 0 Å². The highest BCUT2D eigenvalue weighted by atomic mass is 19.1. The fraction of sp³-hybridized carbons (Fsp3) is 0.320. The van der Waals surface area contributed by atoms with Crippen LogP contribution in [-0.4, -0.2) is 38.2 Å². The van der Waals surface area contributed by atoms with Gasteiger partial charge in [-0.1, -0.05) is 12.0 Å². The number of aromatic nitrogens is 4. The second-order valence-electron chi connectivity index (χ2n) is 8.40. The summed E-state index contributed by atoms with van der Waals surface area (Å²) in [5, 5.41) is 0.865. The molecule has 2 N–H and O–H groups in total. The van der Waals surface area contributed by atoms with Crippen molar-refractivity contribution in [2.45, 2.75) is 38.9 Å². The first-order valence-corrected chi connectivity index (χ1v) is 11.1. The Bertz CT molecular complexity index is 1460. The fourth-order valence-corrected chi connectivity index (χ4v) is 4.43. The molecule has 1 fully saturated rings. The van der Waals surface area contributed by atoms with E-state index in [2.05, 4.69) is 21.7 Å². The lowest BCUT2D eigenvalue weighted by Crippen LogP contribution is -2.45. The summed E-state index contributed by atoms with van der Waals surface area (Å²) in [6.45, 7) is 3.86. The number of rotatable bonds is 4. The molecule has 0 saturated carbocycles. The third-order valence-electron chi connectivity index (χ3n) is 6.05. The zero-order chi connectivity index (χ0) is 22.9. The molecule has 1 atom stereocenters. The lowest BCUT2D eigenvalue weighted by atomic mass is 10.1. The van der Waals surface area contributed by atoms with Crippen LogP contribution in [0.4, 0.5) is 10.3 Å². The molecule has 0 bridgehead atoms. The van der Waals surface area contributed by atoms with Gasteiger partial charge in [-0.05, 0) is 44.0 Å². The Morgan fingerprint density at radius 1 is 1.18 bits per heavy atom. The number of halogens is 1. The smallest absolute Gasteiger partial charge is 0.280 e. The molecular weight excluding hydrogens is 419 g/mol. The number of hydrogen-bond acceptors (Lipinski definition) is 5. The molecule has 0 unspecified atom stereocenters. The van der Waals surface area contributed by atoms with Gasteiger partial charge < -0.3 is 15.2 Å². The summed E-state index contributed by atoms with van der Waals surface area (Å²) >= 11 is 0. The highest BCUT2D eigenvalue weighted by Crippen LogP contribution is 2.21. The average Bonchev–Trinajstić information content (AvgIpc) is 3.21. The second kappa shape index (κ2) is 8.68. The molecule has 0 aliphatic carbocycles. The van der Waals surface area contributed by atoms with E-state index in [1.54, 1.807) is 17.6 Å². The zero-order valence-corrected chi connectivity index (χ0v) is 18.5. The number of nitrogens with two attached hydrogens (primary N) is 1. The van der Waals surface area contributed by atoms with Gasteiger partial charge in [-0.2, -0.15) is 0 Å². The molecule has 7 nitrogen and oxygen atoms in total. The van der Waals surface area contributed by atoms with E-state index in [0.29, 0.717) is 35.6 Å². The Kier molecular flexibility index (Phi) is 5.56. The van der Waals surface area contributed by atoms with Crippen molar-refractivity contribution in [1.29, 1.82) is 0 Å². The number of fused-ring (bicyclic) bond motifs is 2. The van der Waals surface area contributed by atoms with Crippen LogP contribution < -0.4 is 16.2 Å². The van der Waals surface area contributed by atoms with Crippen LogP contribution in [0.1, 0.15) is 25.5 Å². The summed E-state index contributed by atoms with van der Waals surface area (Å²) in [5.74, 6) is 6.16. The van der Waals surface area contributed by atoms with Crippen molar-refractivity contribution in [3.8, 4) is 11.8 Å². The SMILES string of the molecule is CC#CCn1c(N2CCC[C@@H](N)C2)nc2ccn(Cc3ccc4ccc(F)cc4n3)c2c1=O. The summed E-state index contributed by atoms with van der Waals surface area (Å²) in [5.41, 5.74) is 8.48. The van der Waals surface area contributed by atoms with Crippen LogP contribution in [0, 0.1) is 17.7 Å². The van der Waals surface area contributed by atoms with Crippen molar-refractivity contribution in [2.75, 3.05) is 18.0 Å². The standard InChI is InChI=1S/C25H25FN6O/c1-2-3-12-32-24(33)23-21(29-25(32)31-11-4-5-19(27)15-31)10-13-30(23)16-20-9-7-17-6-8-18(26)14-22(17)28-20/h6-10,13-14,19H,4-5,11-12,15-16,27H2,1H3/t19-/m1/s1. The molecule has 1 aliphatic rings. The molecule has 4 aromatic rings. The van der Waals surface area contributed by atoms with Crippen LogP contribution in [0.5, 0.6) is 0 Å². The van der Waals surface area contributed by atoms with E-state index >= 15 is 0 Å². The Labute approximate surface area is 190 Å². The normalized spacial score (nSPS) is 16.2. The minimum absolute atomic E-state index is 0.0606. The van der Waals surface area contributed by atoms with Crippen LogP contribution >= 0.6 is 0 Å². The quantitative estimate of drug-likeness (QED) is 0.490. The van der Waals surface area contributed by atoms with E-state index in [1.807, 2.05) is 29.0 Å². The summed E-state index contributed by atoms with van der Waals surface area (Å²) in [6.07, 6.45) is 3.78. The number of nitrogens with zero attached hydrogens (tertiary/aromatic N) is 5. The first-order chi connectivity index (χ1) is 16.0. The third kappa shape index (κ3) is 4.08. The molecule has 4 heterocycles.